The minimum atomic E-state index is -0.122. The Kier molecular flexibility index (Phi) is 2.23. The first-order valence-electron chi connectivity index (χ1n) is 4.11. The molecule has 1 fully saturated rings. The summed E-state index contributed by atoms with van der Waals surface area (Å²) in [5.41, 5.74) is 7.16. The van der Waals surface area contributed by atoms with Crippen molar-refractivity contribution >= 4 is 27.3 Å². The quantitative estimate of drug-likeness (QED) is 0.828. The third-order valence-corrected chi connectivity index (χ3v) is 3.85. The van der Waals surface area contributed by atoms with Gasteiger partial charge in [0.1, 0.15) is 0 Å². The first-order chi connectivity index (χ1) is 5.71. The number of aromatic nitrogens is 1. The lowest BCUT2D eigenvalue weighted by atomic mass is 9.96. The molecule has 12 heavy (non-hydrogen) atoms. The van der Waals surface area contributed by atoms with Gasteiger partial charge in [-0.05, 0) is 28.8 Å². The zero-order chi connectivity index (χ0) is 8.60. The third-order valence-electron chi connectivity index (χ3n) is 2.48. The van der Waals surface area contributed by atoms with Gasteiger partial charge < -0.3 is 5.73 Å². The molecule has 0 amide bonds. The monoisotopic (exact) mass is 246 g/mol. The highest BCUT2D eigenvalue weighted by Crippen LogP contribution is 2.37. The predicted octanol–water partition coefficient (Wildman–Crippen LogP) is 2.63. The van der Waals surface area contributed by atoms with Crippen LogP contribution in [0.2, 0.25) is 0 Å². The van der Waals surface area contributed by atoms with Crippen molar-refractivity contribution in [3.8, 4) is 0 Å². The van der Waals surface area contributed by atoms with Gasteiger partial charge in [0.25, 0.3) is 0 Å². The molecule has 0 bridgehead atoms. The van der Waals surface area contributed by atoms with Crippen LogP contribution in [0, 0.1) is 0 Å². The largest absolute Gasteiger partial charge is 0.320 e. The molecule has 0 aliphatic heterocycles. The van der Waals surface area contributed by atoms with Crippen molar-refractivity contribution in [2.24, 2.45) is 5.73 Å². The molecule has 1 saturated carbocycles. The second-order valence-corrected chi connectivity index (χ2v) is 5.48. The highest BCUT2D eigenvalue weighted by atomic mass is 79.9. The Morgan fingerprint density at radius 2 is 2.17 bits per heavy atom. The summed E-state index contributed by atoms with van der Waals surface area (Å²) in [4.78, 5) is 4.37. The van der Waals surface area contributed by atoms with Crippen LogP contribution in [-0.4, -0.2) is 4.98 Å². The number of hydrogen-bond donors (Lipinski definition) is 1. The van der Waals surface area contributed by atoms with Crippen LogP contribution in [0.5, 0.6) is 0 Å². The van der Waals surface area contributed by atoms with Crippen molar-refractivity contribution in [1.82, 2.24) is 4.98 Å². The molecule has 0 spiro atoms. The van der Waals surface area contributed by atoms with E-state index in [0.29, 0.717) is 0 Å². The van der Waals surface area contributed by atoms with Gasteiger partial charge in [0.05, 0.1) is 11.2 Å². The molecule has 1 heterocycles. The molecular formula is C8H11BrN2S. The second-order valence-electron chi connectivity index (χ2n) is 3.35. The summed E-state index contributed by atoms with van der Waals surface area (Å²) >= 11 is 4.97. The van der Waals surface area contributed by atoms with Crippen LogP contribution in [0.4, 0.5) is 0 Å². The van der Waals surface area contributed by atoms with Crippen molar-refractivity contribution in [2.75, 3.05) is 0 Å². The van der Waals surface area contributed by atoms with Crippen LogP contribution in [0.25, 0.3) is 0 Å². The molecule has 2 rings (SSSR count). The van der Waals surface area contributed by atoms with E-state index in [-0.39, 0.29) is 5.54 Å². The van der Waals surface area contributed by atoms with E-state index in [1.165, 1.54) is 12.8 Å². The SMILES string of the molecule is NC1(c2csc(Br)n2)CCCC1. The first kappa shape index (κ1) is 8.66. The van der Waals surface area contributed by atoms with Crippen molar-refractivity contribution in [2.45, 2.75) is 31.2 Å². The lowest BCUT2D eigenvalue weighted by Gasteiger charge is -2.20. The standard InChI is InChI=1S/C8H11BrN2S/c9-7-11-6(5-12-7)8(10)3-1-2-4-8/h5H,1-4,10H2. The van der Waals surface area contributed by atoms with E-state index < -0.39 is 0 Å². The molecule has 4 heteroatoms. The fraction of sp³-hybridized carbons (Fsp3) is 0.625. The lowest BCUT2D eigenvalue weighted by Crippen LogP contribution is -2.33. The molecule has 2 N–H and O–H groups in total. The fourth-order valence-corrected chi connectivity index (χ4v) is 2.86. The lowest BCUT2D eigenvalue weighted by molar-refractivity contribution is 0.449. The highest BCUT2D eigenvalue weighted by Gasteiger charge is 2.33. The number of thiazole rings is 1. The maximum atomic E-state index is 6.22. The molecule has 0 saturated heterocycles. The number of hydrogen-bond acceptors (Lipinski definition) is 3. The topological polar surface area (TPSA) is 38.9 Å². The van der Waals surface area contributed by atoms with Crippen molar-refractivity contribution in [1.29, 1.82) is 0 Å². The van der Waals surface area contributed by atoms with Crippen LogP contribution >= 0.6 is 27.3 Å². The molecule has 1 aliphatic rings. The molecule has 1 aromatic heterocycles. The Morgan fingerprint density at radius 1 is 1.50 bits per heavy atom. The smallest absolute Gasteiger partial charge is 0.159 e. The van der Waals surface area contributed by atoms with E-state index in [1.54, 1.807) is 11.3 Å². The van der Waals surface area contributed by atoms with Gasteiger partial charge in [-0.3, -0.25) is 0 Å². The van der Waals surface area contributed by atoms with Gasteiger partial charge in [0.15, 0.2) is 3.92 Å². The summed E-state index contributed by atoms with van der Waals surface area (Å²) in [6.45, 7) is 0. The van der Waals surface area contributed by atoms with Crippen LogP contribution in [0.1, 0.15) is 31.4 Å². The molecule has 66 valence electrons. The maximum absolute atomic E-state index is 6.22. The number of nitrogens with zero attached hydrogens (tertiary/aromatic N) is 1. The molecule has 0 unspecified atom stereocenters. The Bertz CT molecular complexity index is 278. The van der Waals surface area contributed by atoms with Crippen LogP contribution in [-0.2, 0) is 5.54 Å². The molecule has 0 radical (unpaired) electrons. The van der Waals surface area contributed by atoms with E-state index in [0.717, 1.165) is 22.5 Å². The van der Waals surface area contributed by atoms with Gasteiger partial charge in [-0.2, -0.15) is 0 Å². The van der Waals surface area contributed by atoms with Gasteiger partial charge in [-0.15, -0.1) is 11.3 Å². The molecule has 0 aromatic carbocycles. The Labute approximate surface area is 84.3 Å². The Hall–Kier alpha value is 0.0700. The summed E-state index contributed by atoms with van der Waals surface area (Å²) < 4.78 is 0.939. The molecule has 0 atom stereocenters. The number of nitrogens with two attached hydrogens (primary N) is 1. The van der Waals surface area contributed by atoms with Gasteiger partial charge >= 0.3 is 0 Å². The van der Waals surface area contributed by atoms with Gasteiger partial charge in [-0.1, -0.05) is 12.8 Å². The summed E-state index contributed by atoms with van der Waals surface area (Å²) in [6.07, 6.45) is 4.66. The highest BCUT2D eigenvalue weighted by molar-refractivity contribution is 9.11. The molecule has 1 aromatic rings. The number of rotatable bonds is 1. The normalized spacial score (nSPS) is 21.5. The van der Waals surface area contributed by atoms with Crippen molar-refractivity contribution < 1.29 is 0 Å². The van der Waals surface area contributed by atoms with Crippen LogP contribution in [0.3, 0.4) is 0 Å². The van der Waals surface area contributed by atoms with Crippen LogP contribution < -0.4 is 5.73 Å². The first-order valence-corrected chi connectivity index (χ1v) is 5.78. The van der Waals surface area contributed by atoms with E-state index in [4.69, 9.17) is 5.73 Å². The molecule has 2 nitrogen and oxygen atoms in total. The predicted molar refractivity (Wildman–Crippen MR) is 54.1 cm³/mol. The van der Waals surface area contributed by atoms with E-state index in [2.05, 4.69) is 26.3 Å². The summed E-state index contributed by atoms with van der Waals surface area (Å²) in [5.74, 6) is 0. The van der Waals surface area contributed by atoms with E-state index >= 15 is 0 Å². The molecular weight excluding hydrogens is 236 g/mol. The zero-order valence-electron chi connectivity index (χ0n) is 6.72. The summed E-state index contributed by atoms with van der Waals surface area (Å²) in [5, 5.41) is 2.06. The third kappa shape index (κ3) is 1.43. The van der Waals surface area contributed by atoms with Crippen LogP contribution in [0.15, 0.2) is 9.30 Å². The Morgan fingerprint density at radius 3 is 2.67 bits per heavy atom. The van der Waals surface area contributed by atoms with E-state index in [9.17, 15) is 0 Å². The summed E-state index contributed by atoms with van der Waals surface area (Å²) in [6, 6.07) is 0. The Balaban J connectivity index is 2.28. The van der Waals surface area contributed by atoms with E-state index in [1.807, 2.05) is 0 Å². The van der Waals surface area contributed by atoms with Gasteiger partial charge in [0, 0.05) is 5.38 Å². The van der Waals surface area contributed by atoms with Gasteiger partial charge in [0.2, 0.25) is 0 Å². The second kappa shape index (κ2) is 3.09. The van der Waals surface area contributed by atoms with Crippen molar-refractivity contribution in [3.63, 3.8) is 0 Å². The summed E-state index contributed by atoms with van der Waals surface area (Å²) in [7, 11) is 0. The van der Waals surface area contributed by atoms with Crippen molar-refractivity contribution in [3.05, 3.63) is 15.0 Å². The zero-order valence-corrected chi connectivity index (χ0v) is 9.12. The minimum Gasteiger partial charge on any atom is -0.320 e. The maximum Gasteiger partial charge on any atom is 0.159 e. The average molecular weight is 247 g/mol. The minimum absolute atomic E-state index is 0.122. The van der Waals surface area contributed by atoms with Gasteiger partial charge in [-0.25, -0.2) is 4.98 Å². The average Bonchev–Trinajstić information content (AvgIpc) is 2.59. The fourth-order valence-electron chi connectivity index (χ4n) is 1.74. The molecule has 1 aliphatic carbocycles. The number of halogens is 1.